The first-order valence-electron chi connectivity index (χ1n) is 13.1. The Morgan fingerprint density at radius 1 is 0.897 bits per heavy atom. The fourth-order valence-corrected chi connectivity index (χ4v) is 9.51. The first-order chi connectivity index (χ1) is 13.7. The first-order valence-corrected chi connectivity index (χ1v) is 13.1. The molecule has 0 bridgehead atoms. The Bertz CT molecular complexity index is 630. The van der Waals surface area contributed by atoms with E-state index in [-0.39, 0.29) is 5.41 Å². The van der Waals surface area contributed by atoms with Crippen molar-refractivity contribution in [2.45, 2.75) is 123 Å². The lowest BCUT2D eigenvalue weighted by atomic mass is 9.43. The van der Waals surface area contributed by atoms with Crippen molar-refractivity contribution < 1.29 is 9.84 Å². The van der Waals surface area contributed by atoms with Crippen LogP contribution in [0.3, 0.4) is 0 Å². The van der Waals surface area contributed by atoms with Crippen molar-refractivity contribution in [2.75, 3.05) is 0 Å². The van der Waals surface area contributed by atoms with Crippen LogP contribution in [0.15, 0.2) is 0 Å². The van der Waals surface area contributed by atoms with Crippen molar-refractivity contribution >= 4 is 0 Å². The minimum absolute atomic E-state index is 0.0931. The summed E-state index contributed by atoms with van der Waals surface area (Å²) in [5.74, 6) is 5.12. The maximum atomic E-state index is 11.7. The van der Waals surface area contributed by atoms with Gasteiger partial charge in [-0.25, -0.2) is 0 Å². The van der Waals surface area contributed by atoms with Crippen LogP contribution in [0.25, 0.3) is 0 Å². The SMILES string of the molecule is CC(C)CCCC(C)C1CCC2C3CCC4(O)CC5OC5CC4(C)C3CCC12C. The van der Waals surface area contributed by atoms with Gasteiger partial charge < -0.3 is 9.84 Å². The van der Waals surface area contributed by atoms with Gasteiger partial charge in [-0.2, -0.15) is 0 Å². The Hall–Kier alpha value is -0.0800. The Morgan fingerprint density at radius 3 is 2.41 bits per heavy atom. The van der Waals surface area contributed by atoms with Crippen LogP contribution in [0, 0.1) is 46.3 Å². The van der Waals surface area contributed by atoms with Crippen LogP contribution in [-0.2, 0) is 4.74 Å². The minimum Gasteiger partial charge on any atom is -0.389 e. The molecule has 5 rings (SSSR count). The Kier molecular flexibility index (Phi) is 4.99. The summed E-state index contributed by atoms with van der Waals surface area (Å²) in [6.45, 7) is 12.4. The van der Waals surface area contributed by atoms with E-state index in [9.17, 15) is 5.11 Å². The molecule has 10 unspecified atom stereocenters. The predicted octanol–water partition coefficient (Wildman–Crippen LogP) is 6.60. The third-order valence-electron chi connectivity index (χ3n) is 11.3. The zero-order chi connectivity index (χ0) is 20.6. The molecule has 4 saturated carbocycles. The van der Waals surface area contributed by atoms with Crippen LogP contribution < -0.4 is 0 Å². The molecule has 1 N–H and O–H groups in total. The van der Waals surface area contributed by atoms with Crippen LogP contribution in [0.2, 0.25) is 0 Å². The molecule has 2 nitrogen and oxygen atoms in total. The molecule has 0 aromatic carbocycles. The molecule has 2 heteroatoms. The molecule has 1 saturated heterocycles. The fourth-order valence-electron chi connectivity index (χ4n) is 9.51. The van der Waals surface area contributed by atoms with Gasteiger partial charge in [-0.15, -0.1) is 0 Å². The van der Waals surface area contributed by atoms with E-state index in [1.54, 1.807) is 0 Å². The van der Waals surface area contributed by atoms with Crippen molar-refractivity contribution in [1.82, 2.24) is 0 Å². The highest BCUT2D eigenvalue weighted by atomic mass is 16.6. The molecule has 0 radical (unpaired) electrons. The van der Waals surface area contributed by atoms with Crippen LogP contribution in [0.1, 0.15) is 105 Å². The average Bonchev–Trinajstić information content (AvgIpc) is 3.26. The van der Waals surface area contributed by atoms with Crippen LogP contribution in [0.4, 0.5) is 0 Å². The van der Waals surface area contributed by atoms with Gasteiger partial charge in [0.2, 0.25) is 0 Å². The van der Waals surface area contributed by atoms with E-state index < -0.39 is 5.60 Å². The molecule has 5 fully saturated rings. The topological polar surface area (TPSA) is 32.8 Å². The van der Waals surface area contributed by atoms with E-state index in [4.69, 9.17) is 4.74 Å². The van der Waals surface area contributed by atoms with Gasteiger partial charge in [-0.3, -0.25) is 0 Å². The van der Waals surface area contributed by atoms with Gasteiger partial charge in [-0.1, -0.05) is 53.9 Å². The molecule has 29 heavy (non-hydrogen) atoms. The third-order valence-corrected chi connectivity index (χ3v) is 11.3. The lowest BCUT2D eigenvalue weighted by Crippen LogP contribution is -2.62. The van der Waals surface area contributed by atoms with Crippen molar-refractivity contribution in [1.29, 1.82) is 0 Å². The second kappa shape index (κ2) is 6.96. The number of hydrogen-bond donors (Lipinski definition) is 1. The van der Waals surface area contributed by atoms with E-state index in [1.165, 1.54) is 51.4 Å². The standard InChI is InChI=1S/C27H46O2/c1-17(2)7-6-8-18(3)20-9-10-21-19-11-14-27(28)16-24-23(29-24)15-26(27,5)22(19)12-13-25(20,21)4/h17-24,28H,6-16H2,1-5H3. The molecule has 0 spiro atoms. The lowest BCUT2D eigenvalue weighted by molar-refractivity contribution is -0.200. The molecule has 0 aromatic rings. The molecule has 1 heterocycles. The van der Waals surface area contributed by atoms with Gasteiger partial charge in [0, 0.05) is 11.8 Å². The number of ether oxygens (including phenoxy) is 1. The quantitative estimate of drug-likeness (QED) is 0.525. The van der Waals surface area contributed by atoms with E-state index in [2.05, 4.69) is 34.6 Å². The molecular weight excluding hydrogens is 356 g/mol. The molecular formula is C27H46O2. The average molecular weight is 403 g/mol. The largest absolute Gasteiger partial charge is 0.389 e. The smallest absolute Gasteiger partial charge is 0.0869 e. The maximum Gasteiger partial charge on any atom is 0.0869 e. The van der Waals surface area contributed by atoms with Crippen molar-refractivity contribution in [3.05, 3.63) is 0 Å². The van der Waals surface area contributed by atoms with E-state index in [0.29, 0.717) is 17.6 Å². The monoisotopic (exact) mass is 402 g/mol. The van der Waals surface area contributed by atoms with Crippen molar-refractivity contribution in [3.8, 4) is 0 Å². The van der Waals surface area contributed by atoms with Crippen LogP contribution in [-0.4, -0.2) is 22.9 Å². The third kappa shape index (κ3) is 3.09. The summed E-state index contributed by atoms with van der Waals surface area (Å²) in [6, 6.07) is 0. The zero-order valence-corrected chi connectivity index (χ0v) is 19.8. The van der Waals surface area contributed by atoms with Gasteiger partial charge in [0.1, 0.15) is 0 Å². The highest BCUT2D eigenvalue weighted by Gasteiger charge is 2.68. The molecule has 0 aromatic heterocycles. The summed E-state index contributed by atoms with van der Waals surface area (Å²) in [5, 5.41) is 11.7. The van der Waals surface area contributed by atoms with Gasteiger partial charge in [0.15, 0.2) is 0 Å². The number of hydrogen-bond acceptors (Lipinski definition) is 2. The van der Waals surface area contributed by atoms with E-state index >= 15 is 0 Å². The number of epoxide rings is 1. The summed E-state index contributed by atoms with van der Waals surface area (Å²) in [6.07, 6.45) is 15.1. The second-order valence-electron chi connectivity index (χ2n) is 13.0. The molecule has 166 valence electrons. The Balaban J connectivity index is 1.32. The molecule has 4 aliphatic carbocycles. The lowest BCUT2D eigenvalue weighted by Gasteiger charge is -2.63. The van der Waals surface area contributed by atoms with Gasteiger partial charge in [-0.05, 0) is 85.9 Å². The number of rotatable bonds is 5. The van der Waals surface area contributed by atoms with E-state index in [0.717, 1.165) is 54.8 Å². The highest BCUT2D eigenvalue weighted by molar-refractivity contribution is 5.18. The summed E-state index contributed by atoms with van der Waals surface area (Å²) in [7, 11) is 0. The normalized spacial score (nSPS) is 54.3. The van der Waals surface area contributed by atoms with Crippen LogP contribution >= 0.6 is 0 Å². The first kappa shape index (κ1) is 20.8. The van der Waals surface area contributed by atoms with Crippen molar-refractivity contribution in [3.63, 3.8) is 0 Å². The summed E-state index contributed by atoms with van der Waals surface area (Å²) in [5.41, 5.74) is 0.190. The zero-order valence-electron chi connectivity index (χ0n) is 19.8. The molecule has 10 atom stereocenters. The molecule has 5 aliphatic rings. The number of fused-ring (bicyclic) bond motifs is 6. The Morgan fingerprint density at radius 2 is 1.66 bits per heavy atom. The predicted molar refractivity (Wildman–Crippen MR) is 119 cm³/mol. The van der Waals surface area contributed by atoms with Crippen LogP contribution in [0.5, 0.6) is 0 Å². The van der Waals surface area contributed by atoms with Gasteiger partial charge in [0.25, 0.3) is 0 Å². The van der Waals surface area contributed by atoms with Crippen molar-refractivity contribution in [2.24, 2.45) is 46.3 Å². The highest BCUT2D eigenvalue weighted by Crippen LogP contribution is 2.70. The van der Waals surface area contributed by atoms with E-state index in [1.807, 2.05) is 0 Å². The molecule has 1 aliphatic heterocycles. The second-order valence-corrected chi connectivity index (χ2v) is 13.0. The van der Waals surface area contributed by atoms with Gasteiger partial charge in [0.05, 0.1) is 17.8 Å². The summed E-state index contributed by atoms with van der Waals surface area (Å²) < 4.78 is 5.93. The Labute approximate surface area is 179 Å². The molecule has 0 amide bonds. The summed E-state index contributed by atoms with van der Waals surface area (Å²) >= 11 is 0. The summed E-state index contributed by atoms with van der Waals surface area (Å²) in [4.78, 5) is 0. The number of aliphatic hydroxyl groups is 1. The fraction of sp³-hybridized carbons (Fsp3) is 1.00. The maximum absolute atomic E-state index is 11.7. The van der Waals surface area contributed by atoms with Gasteiger partial charge >= 0.3 is 0 Å². The minimum atomic E-state index is -0.457.